The van der Waals surface area contributed by atoms with Crippen LogP contribution in [-0.2, 0) is 0 Å². The van der Waals surface area contributed by atoms with Gasteiger partial charge in [0.25, 0.3) is 5.91 Å². The Hall–Kier alpha value is -2.14. The second-order valence-corrected chi connectivity index (χ2v) is 6.25. The summed E-state index contributed by atoms with van der Waals surface area (Å²) in [4.78, 5) is 23.5. The number of hydrogen-bond acceptors (Lipinski definition) is 3. The molecule has 1 N–H and O–H groups in total. The molecule has 0 spiro atoms. The van der Waals surface area contributed by atoms with Crippen LogP contribution in [0, 0.1) is 0 Å². The highest BCUT2D eigenvalue weighted by molar-refractivity contribution is 9.10. The van der Waals surface area contributed by atoms with Gasteiger partial charge in [0, 0.05) is 16.8 Å². The number of carbonyl (C=O) groups is 2. The van der Waals surface area contributed by atoms with Crippen LogP contribution in [0.4, 0.5) is 5.69 Å². The van der Waals surface area contributed by atoms with Gasteiger partial charge in [-0.05, 0) is 79.2 Å². The van der Waals surface area contributed by atoms with E-state index in [0.717, 1.165) is 4.47 Å². The molecule has 0 saturated carbocycles. The van der Waals surface area contributed by atoms with Crippen molar-refractivity contribution in [3.8, 4) is 5.75 Å². The number of amides is 1. The van der Waals surface area contributed by atoms with Crippen molar-refractivity contribution in [1.29, 1.82) is 0 Å². The number of nitrogens with one attached hydrogen (secondary N) is 1. The molecule has 1 amide bonds. The number of ketones is 1. The van der Waals surface area contributed by atoms with Crippen LogP contribution in [-0.4, -0.2) is 17.8 Å². The Morgan fingerprint density at radius 3 is 2.17 bits per heavy atom. The van der Waals surface area contributed by atoms with E-state index in [1.165, 1.54) is 6.92 Å². The van der Waals surface area contributed by atoms with Crippen LogP contribution < -0.4 is 10.1 Å². The van der Waals surface area contributed by atoms with E-state index < -0.39 is 0 Å². The highest BCUT2D eigenvalue weighted by atomic mass is 79.9. The van der Waals surface area contributed by atoms with Crippen molar-refractivity contribution in [3.63, 3.8) is 0 Å². The van der Waals surface area contributed by atoms with E-state index in [-0.39, 0.29) is 17.8 Å². The zero-order chi connectivity index (χ0) is 17.0. The number of benzene rings is 2. The van der Waals surface area contributed by atoms with Crippen molar-refractivity contribution in [2.24, 2.45) is 0 Å². The lowest BCUT2D eigenvalue weighted by atomic mass is 10.1. The average molecular weight is 376 g/mol. The molecular weight excluding hydrogens is 358 g/mol. The molecule has 0 aliphatic carbocycles. The molecule has 2 aromatic rings. The van der Waals surface area contributed by atoms with Crippen LogP contribution in [0.15, 0.2) is 46.9 Å². The lowest BCUT2D eigenvalue weighted by Crippen LogP contribution is -2.12. The smallest absolute Gasteiger partial charge is 0.255 e. The van der Waals surface area contributed by atoms with Gasteiger partial charge < -0.3 is 10.1 Å². The van der Waals surface area contributed by atoms with Gasteiger partial charge in [0.1, 0.15) is 5.75 Å². The number of halogens is 1. The van der Waals surface area contributed by atoms with Gasteiger partial charge in [-0.15, -0.1) is 0 Å². The summed E-state index contributed by atoms with van der Waals surface area (Å²) in [5.74, 6) is 0.465. The largest absolute Gasteiger partial charge is 0.490 e. The Labute approximate surface area is 144 Å². The number of hydrogen-bond donors (Lipinski definition) is 1. The first-order valence-electron chi connectivity index (χ1n) is 7.25. The van der Waals surface area contributed by atoms with E-state index in [1.54, 1.807) is 42.5 Å². The van der Waals surface area contributed by atoms with Gasteiger partial charge in [0.05, 0.1) is 10.6 Å². The molecule has 0 heterocycles. The summed E-state index contributed by atoms with van der Waals surface area (Å²) in [6, 6.07) is 12.0. The predicted octanol–water partition coefficient (Wildman–Crippen LogP) is 4.69. The van der Waals surface area contributed by atoms with E-state index in [9.17, 15) is 9.59 Å². The second-order valence-electron chi connectivity index (χ2n) is 5.40. The van der Waals surface area contributed by atoms with Gasteiger partial charge in [-0.1, -0.05) is 0 Å². The molecule has 0 atom stereocenters. The van der Waals surface area contributed by atoms with E-state index in [0.29, 0.717) is 22.6 Å². The van der Waals surface area contributed by atoms with Gasteiger partial charge in [-0.3, -0.25) is 9.59 Å². The Balaban J connectivity index is 2.11. The Kier molecular flexibility index (Phi) is 5.55. The summed E-state index contributed by atoms with van der Waals surface area (Å²) in [6.07, 6.45) is 0.0609. The van der Waals surface area contributed by atoms with E-state index in [1.807, 2.05) is 13.8 Å². The highest BCUT2D eigenvalue weighted by Gasteiger charge is 2.11. The molecule has 0 radical (unpaired) electrons. The second kappa shape index (κ2) is 7.42. The Bertz CT molecular complexity index is 724. The first-order valence-corrected chi connectivity index (χ1v) is 8.04. The third kappa shape index (κ3) is 4.66. The fourth-order valence-corrected chi connectivity index (χ4v) is 2.46. The quantitative estimate of drug-likeness (QED) is 0.771. The van der Waals surface area contributed by atoms with Gasteiger partial charge in [0.2, 0.25) is 0 Å². The monoisotopic (exact) mass is 375 g/mol. The molecule has 0 fully saturated rings. The predicted molar refractivity (Wildman–Crippen MR) is 94.3 cm³/mol. The number of rotatable bonds is 5. The Morgan fingerprint density at radius 1 is 1.04 bits per heavy atom. The topological polar surface area (TPSA) is 55.4 Å². The highest BCUT2D eigenvalue weighted by Crippen LogP contribution is 2.27. The average Bonchev–Trinajstić information content (AvgIpc) is 2.49. The van der Waals surface area contributed by atoms with E-state index in [2.05, 4.69) is 21.2 Å². The third-order valence-corrected chi connectivity index (χ3v) is 3.73. The maximum atomic E-state index is 12.3. The molecule has 0 bridgehead atoms. The molecule has 0 aliphatic heterocycles. The van der Waals surface area contributed by atoms with Crippen molar-refractivity contribution in [1.82, 2.24) is 0 Å². The fourth-order valence-electron chi connectivity index (χ4n) is 1.98. The number of Topliss-reactive ketones (excluding diaryl/α,β-unsaturated/α-hetero) is 1. The zero-order valence-electron chi connectivity index (χ0n) is 13.2. The molecule has 0 aliphatic rings. The molecule has 23 heavy (non-hydrogen) atoms. The number of ether oxygens (including phenoxy) is 1. The maximum Gasteiger partial charge on any atom is 0.255 e. The normalized spacial score (nSPS) is 10.5. The van der Waals surface area contributed by atoms with Gasteiger partial charge in [0.15, 0.2) is 5.78 Å². The van der Waals surface area contributed by atoms with Crippen molar-refractivity contribution < 1.29 is 14.3 Å². The lowest BCUT2D eigenvalue weighted by molar-refractivity contribution is 0.101. The molecule has 2 aromatic carbocycles. The van der Waals surface area contributed by atoms with Crippen molar-refractivity contribution in [2.75, 3.05) is 5.32 Å². The summed E-state index contributed by atoms with van der Waals surface area (Å²) >= 11 is 3.41. The van der Waals surface area contributed by atoms with Crippen LogP contribution in [0.25, 0.3) is 0 Å². The molecule has 120 valence electrons. The van der Waals surface area contributed by atoms with Gasteiger partial charge in [-0.2, -0.15) is 0 Å². The summed E-state index contributed by atoms with van der Waals surface area (Å²) in [5, 5.41) is 2.80. The van der Waals surface area contributed by atoms with Crippen molar-refractivity contribution in [2.45, 2.75) is 26.9 Å². The molecule has 0 unspecified atom stereocenters. The minimum atomic E-state index is -0.225. The summed E-state index contributed by atoms with van der Waals surface area (Å²) in [5.41, 5.74) is 1.77. The molecular formula is C18H18BrNO3. The molecule has 4 nitrogen and oxygen atoms in total. The summed E-state index contributed by atoms with van der Waals surface area (Å²) < 4.78 is 6.35. The fraction of sp³-hybridized carbons (Fsp3) is 0.222. The third-order valence-electron chi connectivity index (χ3n) is 3.11. The summed E-state index contributed by atoms with van der Waals surface area (Å²) in [7, 11) is 0. The standard InChI is InChI=1S/C18H18BrNO3/c1-11(2)23-17-9-6-14(10-16(17)19)18(22)20-15-7-4-13(5-8-15)12(3)21/h4-11H,1-3H3,(H,20,22). The number of anilines is 1. The van der Waals surface area contributed by atoms with Crippen LogP contribution in [0.1, 0.15) is 41.5 Å². The molecule has 2 rings (SSSR count). The molecule has 0 saturated heterocycles. The van der Waals surface area contributed by atoms with Gasteiger partial charge >= 0.3 is 0 Å². The first kappa shape index (κ1) is 17.2. The Morgan fingerprint density at radius 2 is 1.65 bits per heavy atom. The van der Waals surface area contributed by atoms with E-state index >= 15 is 0 Å². The van der Waals surface area contributed by atoms with Crippen LogP contribution >= 0.6 is 15.9 Å². The zero-order valence-corrected chi connectivity index (χ0v) is 14.8. The van der Waals surface area contributed by atoms with Gasteiger partial charge in [-0.25, -0.2) is 0 Å². The SMILES string of the molecule is CC(=O)c1ccc(NC(=O)c2ccc(OC(C)C)c(Br)c2)cc1. The molecule has 0 aromatic heterocycles. The summed E-state index contributed by atoms with van der Waals surface area (Å²) in [6.45, 7) is 5.39. The minimum absolute atomic E-state index is 0.00690. The first-order chi connectivity index (χ1) is 10.9. The maximum absolute atomic E-state index is 12.3. The minimum Gasteiger partial charge on any atom is -0.490 e. The van der Waals surface area contributed by atoms with Crippen LogP contribution in [0.2, 0.25) is 0 Å². The van der Waals surface area contributed by atoms with Crippen molar-refractivity contribution >= 4 is 33.3 Å². The number of carbonyl (C=O) groups excluding carboxylic acids is 2. The van der Waals surface area contributed by atoms with Crippen LogP contribution in [0.5, 0.6) is 5.75 Å². The lowest BCUT2D eigenvalue weighted by Gasteiger charge is -2.12. The van der Waals surface area contributed by atoms with Crippen molar-refractivity contribution in [3.05, 3.63) is 58.1 Å². The van der Waals surface area contributed by atoms with Crippen LogP contribution in [0.3, 0.4) is 0 Å². The van der Waals surface area contributed by atoms with E-state index in [4.69, 9.17) is 4.74 Å². The molecule has 5 heteroatoms.